The highest BCUT2D eigenvalue weighted by Gasteiger charge is 2.51. The average molecular weight is 554 g/mol. The summed E-state index contributed by atoms with van der Waals surface area (Å²) >= 11 is 0. The van der Waals surface area contributed by atoms with Crippen LogP contribution in [-0.2, 0) is 35.5 Å². The molecular weight excluding hydrogens is 522 g/mol. The van der Waals surface area contributed by atoms with Crippen molar-refractivity contribution >= 4 is 23.2 Å². The van der Waals surface area contributed by atoms with Crippen LogP contribution in [0.2, 0.25) is 0 Å². The van der Waals surface area contributed by atoms with Crippen LogP contribution in [0.4, 0.5) is 11.4 Å². The Bertz CT molecular complexity index is 1650. The van der Waals surface area contributed by atoms with Gasteiger partial charge in [0.15, 0.2) is 0 Å². The molecule has 10 heteroatoms. The van der Waals surface area contributed by atoms with Crippen LogP contribution in [-0.4, -0.2) is 51.9 Å². The third-order valence-electron chi connectivity index (χ3n) is 9.60. The van der Waals surface area contributed by atoms with E-state index < -0.39 is 16.9 Å². The number of carbonyl (C=O) groups is 2. The van der Waals surface area contributed by atoms with Crippen molar-refractivity contribution in [1.82, 2.24) is 14.8 Å². The first-order valence-electron chi connectivity index (χ1n) is 14.2. The number of hydrogen-bond acceptors (Lipinski definition) is 6. The fraction of sp³-hybridized carbons (Fsp3) is 0.387. The number of carbonyl (C=O) groups excluding carboxylic acids is 2. The Kier molecular flexibility index (Phi) is 5.95. The van der Waals surface area contributed by atoms with Crippen LogP contribution in [0, 0.1) is 22.0 Å². The molecule has 1 N–H and O–H groups in total. The first-order valence-corrected chi connectivity index (χ1v) is 14.2. The summed E-state index contributed by atoms with van der Waals surface area (Å²) in [6.07, 6.45) is 1.63. The minimum Gasteiger partial charge on any atom is -0.366 e. The number of pyridine rings is 1. The number of nitro benzene ring substituents is 1. The number of fused-ring (bicyclic) bond motifs is 9. The lowest BCUT2D eigenvalue weighted by molar-refractivity contribution is -0.384. The molecule has 5 atom stereocenters. The van der Waals surface area contributed by atoms with Crippen molar-refractivity contribution in [1.29, 1.82) is 0 Å². The molecule has 0 spiro atoms. The molecule has 0 aliphatic carbocycles. The third kappa shape index (κ3) is 4.03. The number of anilines is 1. The van der Waals surface area contributed by atoms with E-state index in [0.29, 0.717) is 32.5 Å². The molecule has 4 aliphatic rings. The van der Waals surface area contributed by atoms with E-state index in [2.05, 4.69) is 10.2 Å². The molecule has 7 rings (SSSR count). The number of rotatable bonds is 3. The van der Waals surface area contributed by atoms with Crippen molar-refractivity contribution < 1.29 is 14.5 Å². The summed E-state index contributed by atoms with van der Waals surface area (Å²) in [7, 11) is 1.59. The van der Waals surface area contributed by atoms with Crippen LogP contribution >= 0.6 is 0 Å². The molecule has 210 valence electrons. The Morgan fingerprint density at radius 3 is 2.56 bits per heavy atom. The standard InChI is InChI=1S/C31H31N5O5/c1-32-30(38)27-14-18-5-2-3-6-19(18)15-35(27)31(39)24-13-20-12-23(36(40)41)9-10-26(20)34-16-21-11-22(29(24)34)17-33-25(21)7-4-8-28(33)37/h2-10,12,21-22,24,27,29H,11,13-17H2,1H3,(H,32,38)/t21-,22-,24+,27-,29-/m0/s1. The van der Waals surface area contributed by atoms with Gasteiger partial charge in [-0.2, -0.15) is 0 Å². The summed E-state index contributed by atoms with van der Waals surface area (Å²) in [4.78, 5) is 55.9. The fourth-order valence-electron chi connectivity index (χ4n) is 7.81. The summed E-state index contributed by atoms with van der Waals surface area (Å²) in [5.41, 5.74) is 4.72. The van der Waals surface area contributed by atoms with Crippen molar-refractivity contribution in [2.24, 2.45) is 11.8 Å². The Hall–Kier alpha value is -4.47. The summed E-state index contributed by atoms with van der Waals surface area (Å²) in [5, 5.41) is 14.4. The molecule has 1 aromatic heterocycles. The Labute approximate surface area is 236 Å². The molecule has 4 aliphatic heterocycles. The first kappa shape index (κ1) is 25.5. The van der Waals surface area contributed by atoms with Crippen molar-refractivity contribution in [2.45, 2.75) is 50.4 Å². The quantitative estimate of drug-likeness (QED) is 0.394. The summed E-state index contributed by atoms with van der Waals surface area (Å²) in [5.74, 6) is -0.706. The number of likely N-dealkylation sites (N-methyl/N-ethyl adjacent to an activating group) is 1. The van der Waals surface area contributed by atoms with E-state index >= 15 is 0 Å². The molecule has 0 unspecified atom stereocenters. The third-order valence-corrected chi connectivity index (χ3v) is 9.60. The van der Waals surface area contributed by atoms with Crippen LogP contribution in [0.5, 0.6) is 0 Å². The number of hydrogen-bond donors (Lipinski definition) is 1. The van der Waals surface area contributed by atoms with Gasteiger partial charge >= 0.3 is 0 Å². The molecule has 0 radical (unpaired) electrons. The van der Waals surface area contributed by atoms with Gasteiger partial charge in [0, 0.05) is 74.6 Å². The van der Waals surface area contributed by atoms with Crippen LogP contribution in [0.1, 0.15) is 34.7 Å². The molecule has 5 heterocycles. The number of aromatic nitrogens is 1. The van der Waals surface area contributed by atoms with Crippen molar-refractivity contribution in [2.75, 3.05) is 18.5 Å². The number of benzene rings is 2. The largest absolute Gasteiger partial charge is 0.366 e. The summed E-state index contributed by atoms with van der Waals surface area (Å²) in [6.45, 7) is 1.45. The smallest absolute Gasteiger partial charge is 0.269 e. The fourth-order valence-corrected chi connectivity index (χ4v) is 7.81. The minimum absolute atomic E-state index is 0.00219. The highest BCUT2D eigenvalue weighted by molar-refractivity contribution is 5.90. The van der Waals surface area contributed by atoms with Crippen LogP contribution in [0.25, 0.3) is 0 Å². The number of piperidine rings is 1. The Morgan fingerprint density at radius 2 is 1.78 bits per heavy atom. The zero-order valence-electron chi connectivity index (χ0n) is 22.7. The van der Waals surface area contributed by atoms with E-state index in [1.54, 1.807) is 30.1 Å². The second-order valence-electron chi connectivity index (χ2n) is 11.7. The van der Waals surface area contributed by atoms with Crippen LogP contribution in [0.3, 0.4) is 0 Å². The van der Waals surface area contributed by atoms with E-state index in [9.17, 15) is 24.5 Å². The summed E-state index contributed by atoms with van der Waals surface area (Å²) < 4.78 is 1.85. The van der Waals surface area contributed by atoms with Gasteiger partial charge in [-0.05, 0) is 47.6 Å². The molecule has 10 nitrogen and oxygen atoms in total. The highest BCUT2D eigenvalue weighted by atomic mass is 16.6. The maximum atomic E-state index is 14.7. The average Bonchev–Trinajstić information content (AvgIpc) is 2.99. The number of non-ortho nitro benzene ring substituents is 1. The topological polar surface area (TPSA) is 118 Å². The lowest BCUT2D eigenvalue weighted by Crippen LogP contribution is -2.63. The van der Waals surface area contributed by atoms with Crippen molar-refractivity contribution in [3.05, 3.63) is 104 Å². The van der Waals surface area contributed by atoms with Gasteiger partial charge in [-0.25, -0.2) is 0 Å². The highest BCUT2D eigenvalue weighted by Crippen LogP contribution is 2.48. The Balaban J connectivity index is 1.33. The molecule has 41 heavy (non-hydrogen) atoms. The first-order chi connectivity index (χ1) is 19.8. The van der Waals surface area contributed by atoms with Gasteiger partial charge < -0.3 is 19.7 Å². The molecule has 1 fully saturated rings. The summed E-state index contributed by atoms with van der Waals surface area (Å²) in [6, 6.07) is 17.4. The SMILES string of the molecule is CNC(=O)[C@@H]1Cc2ccccc2CN1C(=O)[C@@H]1Cc2cc([N+](=O)[O-])ccc2N2C[C@@H]3C[C@@H](Cn4c3cccc4=O)[C@@H]12. The molecule has 1 saturated heterocycles. The second kappa shape index (κ2) is 9.57. The van der Waals surface area contributed by atoms with Gasteiger partial charge in [-0.3, -0.25) is 24.5 Å². The minimum atomic E-state index is -0.645. The molecule has 2 amide bonds. The normalized spacial score (nSPS) is 25.7. The van der Waals surface area contributed by atoms with Crippen molar-refractivity contribution in [3.63, 3.8) is 0 Å². The molecule has 2 aromatic carbocycles. The second-order valence-corrected chi connectivity index (χ2v) is 11.7. The van der Waals surface area contributed by atoms with Gasteiger partial charge in [-0.1, -0.05) is 30.3 Å². The molecule has 2 bridgehead atoms. The van der Waals surface area contributed by atoms with Crippen molar-refractivity contribution in [3.8, 4) is 0 Å². The van der Waals surface area contributed by atoms with E-state index in [1.165, 1.54) is 6.07 Å². The van der Waals surface area contributed by atoms with E-state index in [4.69, 9.17) is 0 Å². The van der Waals surface area contributed by atoms with Crippen LogP contribution < -0.4 is 15.8 Å². The zero-order chi connectivity index (χ0) is 28.4. The van der Waals surface area contributed by atoms with Crippen LogP contribution in [0.15, 0.2) is 65.5 Å². The number of nitrogens with zero attached hydrogens (tertiary/aromatic N) is 4. The van der Waals surface area contributed by atoms with Gasteiger partial charge in [0.1, 0.15) is 6.04 Å². The molecular formula is C31H31N5O5. The molecule has 3 aromatic rings. The monoisotopic (exact) mass is 553 g/mol. The van der Waals surface area contributed by atoms with E-state index in [0.717, 1.165) is 34.5 Å². The van der Waals surface area contributed by atoms with Gasteiger partial charge in [0.05, 0.1) is 10.8 Å². The number of nitrogens with one attached hydrogen (secondary N) is 1. The predicted molar refractivity (Wildman–Crippen MR) is 152 cm³/mol. The van der Waals surface area contributed by atoms with Gasteiger partial charge in [0.2, 0.25) is 11.8 Å². The van der Waals surface area contributed by atoms with E-state index in [1.807, 2.05) is 41.0 Å². The Morgan fingerprint density at radius 1 is 0.976 bits per heavy atom. The lowest BCUT2D eigenvalue weighted by atomic mass is 9.69. The maximum absolute atomic E-state index is 14.7. The zero-order valence-corrected chi connectivity index (χ0v) is 22.7. The van der Waals surface area contributed by atoms with Gasteiger partial charge in [0.25, 0.3) is 11.2 Å². The van der Waals surface area contributed by atoms with Gasteiger partial charge in [-0.15, -0.1) is 0 Å². The number of amides is 2. The lowest BCUT2D eigenvalue weighted by Gasteiger charge is -2.55. The maximum Gasteiger partial charge on any atom is 0.269 e. The van der Waals surface area contributed by atoms with E-state index in [-0.39, 0.29) is 40.9 Å². The predicted octanol–water partition coefficient (Wildman–Crippen LogP) is 2.62. The molecule has 0 saturated carbocycles. The number of nitro groups is 1.